The van der Waals surface area contributed by atoms with Crippen molar-refractivity contribution < 1.29 is 14.3 Å². The van der Waals surface area contributed by atoms with Crippen molar-refractivity contribution >= 4 is 28.1 Å². The van der Waals surface area contributed by atoms with Crippen LogP contribution in [0.15, 0.2) is 49.1 Å². The lowest BCUT2D eigenvalue weighted by molar-refractivity contribution is -0.128. The molecule has 1 aromatic heterocycles. The number of hydrogen-bond acceptors (Lipinski definition) is 9. The van der Waals surface area contributed by atoms with Gasteiger partial charge in [0.25, 0.3) is 0 Å². The van der Waals surface area contributed by atoms with Crippen LogP contribution in [0.2, 0.25) is 0 Å². The number of rotatable bonds is 8. The van der Waals surface area contributed by atoms with E-state index in [0.717, 1.165) is 43.1 Å². The zero-order chi connectivity index (χ0) is 31.3. The fourth-order valence-electron chi connectivity index (χ4n) is 6.91. The summed E-state index contributed by atoms with van der Waals surface area (Å²) in [6, 6.07) is 17.2. The van der Waals surface area contributed by atoms with Gasteiger partial charge < -0.3 is 24.2 Å². The Kier molecular flexibility index (Phi) is 9.16. The van der Waals surface area contributed by atoms with E-state index >= 15 is 0 Å². The van der Waals surface area contributed by atoms with Crippen LogP contribution in [0.4, 0.5) is 11.4 Å². The quantitative estimate of drug-likeness (QED) is 0.354. The Balaban J connectivity index is 1.37. The molecule has 0 bridgehead atoms. The van der Waals surface area contributed by atoms with E-state index in [9.17, 15) is 15.3 Å². The summed E-state index contributed by atoms with van der Waals surface area (Å²) in [4.78, 5) is 26.2. The number of aromatic nitrogens is 1. The molecule has 3 aromatic rings. The largest absolute Gasteiger partial charge is 0.475 e. The number of carbonyl (C=O) groups excluding carboxylic acids is 1. The Morgan fingerprint density at radius 3 is 2.67 bits per heavy atom. The van der Waals surface area contributed by atoms with E-state index < -0.39 is 0 Å². The van der Waals surface area contributed by atoms with Crippen LogP contribution in [0.5, 0.6) is 5.88 Å². The summed E-state index contributed by atoms with van der Waals surface area (Å²) >= 11 is 0. The lowest BCUT2D eigenvalue weighted by Gasteiger charge is -2.43. The lowest BCUT2D eigenvalue weighted by Crippen LogP contribution is -2.55. The number of piperazine rings is 1. The van der Waals surface area contributed by atoms with Crippen molar-refractivity contribution in [2.24, 2.45) is 0 Å². The highest BCUT2D eigenvalue weighted by atomic mass is 16.5. The van der Waals surface area contributed by atoms with Crippen LogP contribution in [-0.2, 0) is 22.5 Å². The van der Waals surface area contributed by atoms with Crippen LogP contribution < -0.4 is 14.5 Å². The summed E-state index contributed by atoms with van der Waals surface area (Å²) in [6.45, 7) is 12.8. The van der Waals surface area contributed by atoms with E-state index in [1.165, 1.54) is 28.1 Å². The Morgan fingerprint density at radius 2 is 1.91 bits per heavy atom. The smallest absolute Gasteiger partial charge is 0.246 e. The Hall–Kier alpha value is -4.64. The average Bonchev–Trinajstić information content (AvgIpc) is 3.07. The molecule has 2 aromatic carbocycles. The van der Waals surface area contributed by atoms with Gasteiger partial charge in [0.15, 0.2) is 0 Å². The van der Waals surface area contributed by atoms with Crippen molar-refractivity contribution in [2.75, 3.05) is 75.4 Å². The Morgan fingerprint density at radius 1 is 1.11 bits per heavy atom. The number of aryl methyl sites for hydroxylation is 1. The first-order valence-electron chi connectivity index (χ1n) is 15.7. The third-order valence-corrected chi connectivity index (χ3v) is 9.17. The fourth-order valence-corrected chi connectivity index (χ4v) is 6.91. The molecule has 2 fully saturated rings. The van der Waals surface area contributed by atoms with E-state index in [-0.39, 0.29) is 18.4 Å². The van der Waals surface area contributed by atoms with Crippen LogP contribution in [0.1, 0.15) is 28.8 Å². The van der Waals surface area contributed by atoms with E-state index in [2.05, 4.69) is 76.7 Å². The predicted octanol–water partition coefficient (Wildman–Crippen LogP) is 3.81. The second kappa shape index (κ2) is 13.6. The number of anilines is 2. The summed E-state index contributed by atoms with van der Waals surface area (Å²) < 4.78 is 11.8. The molecule has 45 heavy (non-hydrogen) atoms. The number of morpholine rings is 1. The molecule has 4 heterocycles. The molecule has 0 saturated carbocycles. The minimum absolute atomic E-state index is 0.180. The van der Waals surface area contributed by atoms with E-state index in [1.54, 1.807) is 4.90 Å². The molecule has 3 aliphatic heterocycles. The van der Waals surface area contributed by atoms with Gasteiger partial charge in [-0.05, 0) is 36.4 Å². The molecule has 0 spiro atoms. The van der Waals surface area contributed by atoms with Crippen LogP contribution in [0.3, 0.4) is 0 Å². The number of benzene rings is 2. The molecule has 1 unspecified atom stereocenters. The minimum atomic E-state index is -0.311. The third kappa shape index (κ3) is 6.17. The number of amides is 1. The number of nitriles is 2. The van der Waals surface area contributed by atoms with Crippen LogP contribution >= 0.6 is 0 Å². The number of fused-ring (bicyclic) bond motifs is 2. The number of hydrogen-bond donors (Lipinski definition) is 0. The number of nitrogens with zero attached hydrogens (tertiary/aromatic N) is 7. The second-order valence-electron chi connectivity index (χ2n) is 11.8. The highest BCUT2D eigenvalue weighted by Gasteiger charge is 2.35. The zero-order valence-electron chi connectivity index (χ0n) is 25.9. The molecule has 1 amide bonds. The summed E-state index contributed by atoms with van der Waals surface area (Å²) in [7, 11) is 0. The van der Waals surface area contributed by atoms with Crippen molar-refractivity contribution in [3.63, 3.8) is 0 Å². The van der Waals surface area contributed by atoms with Gasteiger partial charge in [0, 0.05) is 62.5 Å². The second-order valence-corrected chi connectivity index (χ2v) is 11.8. The van der Waals surface area contributed by atoms with Crippen molar-refractivity contribution in [3.05, 3.63) is 71.4 Å². The van der Waals surface area contributed by atoms with E-state index in [4.69, 9.17) is 14.5 Å². The summed E-state index contributed by atoms with van der Waals surface area (Å²) in [5.41, 5.74) is 5.58. The monoisotopic (exact) mass is 605 g/mol. The minimum Gasteiger partial charge on any atom is -0.475 e. The van der Waals surface area contributed by atoms with E-state index in [1.807, 2.05) is 0 Å². The van der Waals surface area contributed by atoms with E-state index in [0.29, 0.717) is 63.9 Å². The van der Waals surface area contributed by atoms with Gasteiger partial charge in [-0.1, -0.05) is 36.9 Å². The van der Waals surface area contributed by atoms with Crippen molar-refractivity contribution in [2.45, 2.75) is 32.4 Å². The summed E-state index contributed by atoms with van der Waals surface area (Å²) in [5.74, 6) is 0.164. The molecule has 0 N–H and O–H groups in total. The van der Waals surface area contributed by atoms with Gasteiger partial charge in [0.1, 0.15) is 18.2 Å². The van der Waals surface area contributed by atoms with Gasteiger partial charge in [-0.2, -0.15) is 10.5 Å². The van der Waals surface area contributed by atoms with Crippen LogP contribution in [0, 0.1) is 29.6 Å². The summed E-state index contributed by atoms with van der Waals surface area (Å²) in [5, 5.41) is 22.6. The zero-order valence-corrected chi connectivity index (χ0v) is 25.9. The number of carbonyl (C=O) groups is 1. The first kappa shape index (κ1) is 30.4. The fraction of sp³-hybridized carbons (Fsp3) is 0.429. The van der Waals surface area contributed by atoms with Gasteiger partial charge in [0.05, 0.1) is 49.7 Å². The number of pyridine rings is 1. The first-order valence-corrected chi connectivity index (χ1v) is 15.7. The predicted molar refractivity (Wildman–Crippen MR) is 173 cm³/mol. The van der Waals surface area contributed by atoms with Gasteiger partial charge in [-0.25, -0.2) is 4.98 Å². The molecule has 10 nitrogen and oxygen atoms in total. The highest BCUT2D eigenvalue weighted by Crippen LogP contribution is 2.40. The van der Waals surface area contributed by atoms with Gasteiger partial charge >= 0.3 is 0 Å². The Labute approximate surface area is 264 Å². The maximum Gasteiger partial charge on any atom is 0.246 e. The van der Waals surface area contributed by atoms with Gasteiger partial charge in [-0.3, -0.25) is 9.69 Å². The molecule has 0 radical (unpaired) electrons. The molecular weight excluding hydrogens is 566 g/mol. The maximum absolute atomic E-state index is 12.6. The normalized spacial score (nSPS) is 18.6. The standard InChI is InChI=1S/C35H39N7O3/c1-3-32(43)42-15-14-41(23-27(42)10-12-36)34-28-11-13-40(31-9-5-8-26-7-4-6-25(2)33(26)31)24-30(28)38-35(29(34)22-37)45-21-18-39-16-19-44-20-17-39/h3-9,27H,1,10-11,13-21,23-24H2,2H3. The van der Waals surface area contributed by atoms with Gasteiger partial charge in [-0.15, -0.1) is 0 Å². The lowest BCUT2D eigenvalue weighted by atomic mass is 9.95. The van der Waals surface area contributed by atoms with Crippen LogP contribution in [0.25, 0.3) is 10.8 Å². The molecule has 3 aliphatic rings. The van der Waals surface area contributed by atoms with Crippen molar-refractivity contribution in [1.82, 2.24) is 14.8 Å². The molecule has 6 rings (SSSR count). The summed E-state index contributed by atoms with van der Waals surface area (Å²) in [6.07, 6.45) is 2.21. The van der Waals surface area contributed by atoms with Crippen LogP contribution in [-0.4, -0.2) is 92.4 Å². The molecular formula is C35H39N7O3. The SMILES string of the molecule is C=CC(=O)N1CCN(c2c(C#N)c(OCCN3CCOCC3)nc3c2CCN(c2cccc4cccc(C)c24)C3)CC1CC#N. The van der Waals surface area contributed by atoms with Crippen molar-refractivity contribution in [1.29, 1.82) is 10.5 Å². The topological polar surface area (TPSA) is 109 Å². The third-order valence-electron chi connectivity index (χ3n) is 9.17. The average molecular weight is 606 g/mol. The Bertz CT molecular complexity index is 1670. The van der Waals surface area contributed by atoms with Gasteiger partial charge in [0.2, 0.25) is 11.8 Å². The molecule has 0 aliphatic carbocycles. The molecule has 232 valence electrons. The highest BCUT2D eigenvalue weighted by molar-refractivity contribution is 5.97. The first-order chi connectivity index (χ1) is 22.0. The molecule has 1 atom stereocenters. The number of ether oxygens (including phenoxy) is 2. The molecule has 2 saturated heterocycles. The maximum atomic E-state index is 12.6. The van der Waals surface area contributed by atoms with Crippen molar-refractivity contribution in [3.8, 4) is 18.0 Å². The molecule has 10 heteroatoms.